The fourth-order valence-corrected chi connectivity index (χ4v) is 1.22. The van der Waals surface area contributed by atoms with Crippen LogP contribution in [0, 0.1) is 0 Å². The number of anilines is 1. The molecule has 1 aromatic heterocycles. The zero-order valence-corrected chi connectivity index (χ0v) is 9.55. The highest BCUT2D eigenvalue weighted by Crippen LogP contribution is 2.21. The van der Waals surface area contributed by atoms with Crippen LogP contribution >= 0.6 is 0 Å². The highest BCUT2D eigenvalue weighted by molar-refractivity contribution is 5.36. The zero-order valence-electron chi connectivity index (χ0n) is 9.55. The molecule has 1 rings (SSSR count). The molecule has 0 radical (unpaired) electrons. The third kappa shape index (κ3) is 5.99. The lowest BCUT2D eigenvalue weighted by Gasteiger charge is -2.08. The molecule has 17 heavy (non-hydrogen) atoms. The van der Waals surface area contributed by atoms with E-state index in [-0.39, 0.29) is 13.0 Å². The number of nitrogens with zero attached hydrogens (tertiary/aromatic N) is 1. The molecule has 6 heteroatoms. The maximum absolute atomic E-state index is 11.9. The van der Waals surface area contributed by atoms with Crippen molar-refractivity contribution < 1.29 is 17.9 Å². The summed E-state index contributed by atoms with van der Waals surface area (Å²) in [5, 5.41) is 2.99. The Morgan fingerprint density at radius 3 is 2.76 bits per heavy atom. The van der Waals surface area contributed by atoms with Crippen LogP contribution < -0.4 is 10.1 Å². The first-order valence-electron chi connectivity index (χ1n) is 5.42. The average Bonchev–Trinajstić information content (AvgIpc) is 2.24. The molecule has 0 aliphatic rings. The highest BCUT2D eigenvalue weighted by atomic mass is 19.4. The summed E-state index contributed by atoms with van der Waals surface area (Å²) in [4.78, 5) is 4.08. The van der Waals surface area contributed by atoms with Gasteiger partial charge in [-0.15, -0.1) is 0 Å². The summed E-state index contributed by atoms with van der Waals surface area (Å²) in [6.07, 6.45) is -5.01. The Kier molecular flexibility index (Phi) is 5.06. The molecule has 0 aliphatic carbocycles. The van der Waals surface area contributed by atoms with Gasteiger partial charge >= 0.3 is 6.18 Å². The second kappa shape index (κ2) is 6.32. The van der Waals surface area contributed by atoms with Crippen molar-refractivity contribution in [2.24, 2.45) is 0 Å². The predicted molar refractivity (Wildman–Crippen MR) is 59.2 cm³/mol. The molecular weight excluding hydrogens is 233 g/mol. The van der Waals surface area contributed by atoms with Crippen molar-refractivity contribution in [3.63, 3.8) is 0 Å². The number of aromatic nitrogens is 1. The molecule has 0 aromatic carbocycles. The summed E-state index contributed by atoms with van der Waals surface area (Å²) < 4.78 is 40.7. The largest absolute Gasteiger partial charge is 0.478 e. The van der Waals surface area contributed by atoms with Gasteiger partial charge in [0.1, 0.15) is 5.82 Å². The first kappa shape index (κ1) is 13.6. The Balaban J connectivity index is 2.34. The molecule has 0 saturated heterocycles. The molecule has 1 N–H and O–H groups in total. The monoisotopic (exact) mass is 248 g/mol. The number of halogens is 3. The highest BCUT2D eigenvalue weighted by Gasteiger charge is 2.26. The Morgan fingerprint density at radius 2 is 2.12 bits per heavy atom. The van der Waals surface area contributed by atoms with Crippen LogP contribution in [0.3, 0.4) is 0 Å². The van der Waals surface area contributed by atoms with Crippen LogP contribution in [0.1, 0.15) is 19.8 Å². The number of pyridine rings is 1. The van der Waals surface area contributed by atoms with Crippen LogP contribution in [0.5, 0.6) is 5.88 Å². The molecule has 0 saturated carbocycles. The van der Waals surface area contributed by atoms with Gasteiger partial charge in [-0.2, -0.15) is 18.2 Å². The van der Waals surface area contributed by atoms with Crippen molar-refractivity contribution in [3.05, 3.63) is 18.2 Å². The van der Waals surface area contributed by atoms with Gasteiger partial charge in [-0.1, -0.05) is 6.07 Å². The van der Waals surface area contributed by atoms with Crippen LogP contribution in [0.25, 0.3) is 0 Å². The summed E-state index contributed by atoms with van der Waals surface area (Å²) >= 11 is 0. The minimum atomic E-state index is -4.12. The quantitative estimate of drug-likeness (QED) is 0.785. The van der Waals surface area contributed by atoms with Gasteiger partial charge in [0.25, 0.3) is 0 Å². The molecule has 0 fully saturated rings. The standard InChI is InChI=1S/C11H15F3N2O/c1-2-15-9-5-3-6-10(16-9)17-8-4-7-11(12,13)14/h3,5-6H,2,4,7-8H2,1H3,(H,15,16). The Morgan fingerprint density at radius 1 is 1.35 bits per heavy atom. The first-order valence-corrected chi connectivity index (χ1v) is 5.42. The molecule has 1 heterocycles. The minimum Gasteiger partial charge on any atom is -0.478 e. The lowest BCUT2D eigenvalue weighted by atomic mass is 10.3. The van der Waals surface area contributed by atoms with E-state index >= 15 is 0 Å². The maximum Gasteiger partial charge on any atom is 0.389 e. The van der Waals surface area contributed by atoms with Gasteiger partial charge < -0.3 is 10.1 Å². The van der Waals surface area contributed by atoms with E-state index in [1.165, 1.54) is 0 Å². The molecule has 0 unspecified atom stereocenters. The molecule has 0 spiro atoms. The number of hydrogen-bond acceptors (Lipinski definition) is 3. The van der Waals surface area contributed by atoms with Crippen molar-refractivity contribution in [1.82, 2.24) is 4.98 Å². The van der Waals surface area contributed by atoms with Gasteiger partial charge in [-0.3, -0.25) is 0 Å². The van der Waals surface area contributed by atoms with Crippen LogP contribution in [0.4, 0.5) is 19.0 Å². The van der Waals surface area contributed by atoms with Gasteiger partial charge in [0.15, 0.2) is 0 Å². The van der Waals surface area contributed by atoms with E-state index in [1.807, 2.05) is 6.92 Å². The summed E-state index contributed by atoms with van der Waals surface area (Å²) in [6, 6.07) is 5.13. The van der Waals surface area contributed by atoms with Gasteiger partial charge in [-0.25, -0.2) is 0 Å². The predicted octanol–water partition coefficient (Wildman–Crippen LogP) is 3.23. The van der Waals surface area contributed by atoms with E-state index in [0.29, 0.717) is 11.7 Å². The normalized spacial score (nSPS) is 11.3. The van der Waals surface area contributed by atoms with Crippen LogP contribution in [0.2, 0.25) is 0 Å². The maximum atomic E-state index is 11.9. The fourth-order valence-electron chi connectivity index (χ4n) is 1.22. The topological polar surface area (TPSA) is 34.1 Å². The van der Waals surface area contributed by atoms with Crippen molar-refractivity contribution in [2.45, 2.75) is 25.9 Å². The summed E-state index contributed by atoms with van der Waals surface area (Å²) in [7, 11) is 0. The lowest BCUT2D eigenvalue weighted by molar-refractivity contribution is -0.136. The first-order chi connectivity index (χ1) is 8.01. The Bertz CT molecular complexity index is 342. The number of hydrogen-bond donors (Lipinski definition) is 1. The molecule has 0 atom stereocenters. The number of alkyl halides is 3. The van der Waals surface area contributed by atoms with Crippen LogP contribution in [-0.2, 0) is 0 Å². The van der Waals surface area contributed by atoms with Gasteiger partial charge in [0.05, 0.1) is 6.61 Å². The zero-order chi connectivity index (χ0) is 12.7. The van der Waals surface area contributed by atoms with Gasteiger partial charge in [-0.05, 0) is 19.4 Å². The van der Waals surface area contributed by atoms with E-state index in [1.54, 1.807) is 18.2 Å². The van der Waals surface area contributed by atoms with Gasteiger partial charge in [0, 0.05) is 19.0 Å². The average molecular weight is 248 g/mol. The molecular formula is C11H15F3N2O. The van der Waals surface area contributed by atoms with Crippen molar-refractivity contribution >= 4 is 5.82 Å². The van der Waals surface area contributed by atoms with Gasteiger partial charge in [0.2, 0.25) is 5.88 Å². The lowest BCUT2D eigenvalue weighted by Crippen LogP contribution is -2.10. The van der Waals surface area contributed by atoms with E-state index in [9.17, 15) is 13.2 Å². The summed E-state index contributed by atoms with van der Waals surface area (Å²) in [5.41, 5.74) is 0. The number of rotatable bonds is 6. The van der Waals surface area contributed by atoms with E-state index in [2.05, 4.69) is 10.3 Å². The summed E-state index contributed by atoms with van der Waals surface area (Å²) in [6.45, 7) is 2.67. The van der Waals surface area contributed by atoms with Crippen molar-refractivity contribution in [1.29, 1.82) is 0 Å². The number of ether oxygens (including phenoxy) is 1. The second-order valence-corrected chi connectivity index (χ2v) is 3.46. The fraction of sp³-hybridized carbons (Fsp3) is 0.545. The third-order valence-electron chi connectivity index (χ3n) is 1.94. The van der Waals surface area contributed by atoms with Crippen molar-refractivity contribution in [2.75, 3.05) is 18.5 Å². The second-order valence-electron chi connectivity index (χ2n) is 3.46. The smallest absolute Gasteiger partial charge is 0.389 e. The molecule has 0 bridgehead atoms. The van der Waals surface area contributed by atoms with Crippen LogP contribution in [0.15, 0.2) is 18.2 Å². The SMILES string of the molecule is CCNc1cccc(OCCCC(F)(F)F)n1. The number of nitrogens with one attached hydrogen (secondary N) is 1. The van der Waals surface area contributed by atoms with Crippen LogP contribution in [-0.4, -0.2) is 24.3 Å². The van der Waals surface area contributed by atoms with E-state index in [4.69, 9.17) is 4.74 Å². The minimum absolute atomic E-state index is 0.0160. The Labute approximate surface area is 98.0 Å². The molecule has 0 aliphatic heterocycles. The molecule has 0 amide bonds. The third-order valence-corrected chi connectivity index (χ3v) is 1.94. The molecule has 3 nitrogen and oxygen atoms in total. The van der Waals surface area contributed by atoms with E-state index in [0.717, 1.165) is 6.54 Å². The Hall–Kier alpha value is -1.46. The summed E-state index contributed by atoms with van der Waals surface area (Å²) in [5.74, 6) is 0.992. The van der Waals surface area contributed by atoms with Crippen molar-refractivity contribution in [3.8, 4) is 5.88 Å². The molecule has 96 valence electrons. The van der Waals surface area contributed by atoms with E-state index < -0.39 is 12.6 Å². The molecule has 1 aromatic rings.